The molecule has 92 valence electrons. The van der Waals surface area contributed by atoms with Gasteiger partial charge in [0.05, 0.1) is 11.3 Å². The second kappa shape index (κ2) is 5.84. The maximum absolute atomic E-state index is 12.2. The van der Waals surface area contributed by atoms with Crippen molar-refractivity contribution in [2.24, 2.45) is 0 Å². The molecule has 2 aromatic rings. The lowest BCUT2D eigenvalue weighted by molar-refractivity contribution is 0.102. The molecule has 0 aliphatic carbocycles. The molecule has 0 aliphatic heterocycles. The molecular formula is C14H11BrINO. The topological polar surface area (TPSA) is 29.1 Å². The third-order valence-corrected chi connectivity index (χ3v) is 4.09. The summed E-state index contributed by atoms with van der Waals surface area (Å²) in [5, 5.41) is 2.91. The SMILES string of the molecule is Cc1ccc(C(=O)Nc2ccccc2I)c(Br)c1. The number of carbonyl (C=O) groups excluding carboxylic acids is 1. The minimum atomic E-state index is -0.106. The lowest BCUT2D eigenvalue weighted by Crippen LogP contribution is -2.13. The lowest BCUT2D eigenvalue weighted by Gasteiger charge is -2.09. The van der Waals surface area contributed by atoms with Crippen LogP contribution in [0.5, 0.6) is 0 Å². The fraction of sp³-hybridized carbons (Fsp3) is 0.0714. The third-order valence-electron chi connectivity index (χ3n) is 2.49. The van der Waals surface area contributed by atoms with Crippen LogP contribution in [0.15, 0.2) is 46.9 Å². The van der Waals surface area contributed by atoms with Crippen molar-refractivity contribution in [1.29, 1.82) is 0 Å². The monoisotopic (exact) mass is 415 g/mol. The van der Waals surface area contributed by atoms with E-state index < -0.39 is 0 Å². The van der Waals surface area contributed by atoms with Crippen molar-refractivity contribution in [2.45, 2.75) is 6.92 Å². The van der Waals surface area contributed by atoms with E-state index in [0.717, 1.165) is 19.3 Å². The van der Waals surface area contributed by atoms with Crippen LogP contribution in [-0.2, 0) is 0 Å². The van der Waals surface area contributed by atoms with Gasteiger partial charge >= 0.3 is 0 Å². The predicted molar refractivity (Wildman–Crippen MR) is 86.0 cm³/mol. The van der Waals surface area contributed by atoms with Crippen LogP contribution in [0.2, 0.25) is 0 Å². The Hall–Kier alpha value is -0.880. The van der Waals surface area contributed by atoms with E-state index >= 15 is 0 Å². The highest BCUT2D eigenvalue weighted by atomic mass is 127. The number of hydrogen-bond donors (Lipinski definition) is 1. The van der Waals surface area contributed by atoms with Crippen LogP contribution in [0.25, 0.3) is 0 Å². The molecule has 0 bridgehead atoms. The predicted octanol–water partition coefficient (Wildman–Crippen LogP) is 4.61. The van der Waals surface area contributed by atoms with Gasteiger partial charge < -0.3 is 5.32 Å². The average molecular weight is 416 g/mol. The highest BCUT2D eigenvalue weighted by Gasteiger charge is 2.11. The Bertz CT molecular complexity index is 598. The second-order valence-electron chi connectivity index (χ2n) is 3.92. The van der Waals surface area contributed by atoms with Gasteiger partial charge in [0.15, 0.2) is 0 Å². The molecule has 0 unspecified atom stereocenters. The van der Waals surface area contributed by atoms with Crippen LogP contribution in [0.1, 0.15) is 15.9 Å². The smallest absolute Gasteiger partial charge is 0.256 e. The standard InChI is InChI=1S/C14H11BrINO/c1-9-6-7-10(11(15)8-9)14(18)17-13-5-3-2-4-12(13)16/h2-8H,1H3,(H,17,18). The molecule has 0 fully saturated rings. The molecule has 0 atom stereocenters. The van der Waals surface area contributed by atoms with Crippen LogP contribution in [-0.4, -0.2) is 5.91 Å². The number of halogens is 2. The van der Waals surface area contributed by atoms with E-state index in [1.165, 1.54) is 0 Å². The quantitative estimate of drug-likeness (QED) is 0.712. The van der Waals surface area contributed by atoms with Gasteiger partial charge in [0.25, 0.3) is 5.91 Å². The van der Waals surface area contributed by atoms with Crippen LogP contribution in [0.3, 0.4) is 0 Å². The summed E-state index contributed by atoms with van der Waals surface area (Å²) < 4.78 is 1.83. The molecule has 18 heavy (non-hydrogen) atoms. The van der Waals surface area contributed by atoms with Gasteiger partial charge in [0.2, 0.25) is 0 Å². The fourth-order valence-electron chi connectivity index (χ4n) is 1.56. The normalized spacial score (nSPS) is 10.2. The largest absolute Gasteiger partial charge is 0.321 e. The zero-order chi connectivity index (χ0) is 13.1. The number of rotatable bonds is 2. The molecule has 2 nitrogen and oxygen atoms in total. The third kappa shape index (κ3) is 3.11. The number of hydrogen-bond acceptors (Lipinski definition) is 1. The Morgan fingerprint density at radius 3 is 2.61 bits per heavy atom. The molecule has 4 heteroatoms. The first-order valence-electron chi connectivity index (χ1n) is 5.40. The summed E-state index contributed by atoms with van der Waals surface area (Å²) in [5.41, 5.74) is 2.59. The minimum Gasteiger partial charge on any atom is -0.321 e. The first kappa shape index (κ1) is 13.5. The Kier molecular flexibility index (Phi) is 4.40. The maximum Gasteiger partial charge on any atom is 0.256 e. The lowest BCUT2D eigenvalue weighted by atomic mass is 10.1. The van der Waals surface area contributed by atoms with Crippen molar-refractivity contribution in [3.8, 4) is 0 Å². The van der Waals surface area contributed by atoms with Crippen LogP contribution < -0.4 is 5.32 Å². The second-order valence-corrected chi connectivity index (χ2v) is 5.93. The molecule has 0 aliphatic rings. The van der Waals surface area contributed by atoms with E-state index in [4.69, 9.17) is 0 Å². The van der Waals surface area contributed by atoms with Crippen molar-refractivity contribution in [1.82, 2.24) is 0 Å². The molecular weight excluding hydrogens is 405 g/mol. The Morgan fingerprint density at radius 1 is 1.22 bits per heavy atom. The van der Waals surface area contributed by atoms with Gasteiger partial charge in [0.1, 0.15) is 0 Å². The summed E-state index contributed by atoms with van der Waals surface area (Å²) >= 11 is 5.62. The first-order valence-corrected chi connectivity index (χ1v) is 7.27. The number of anilines is 1. The zero-order valence-electron chi connectivity index (χ0n) is 9.71. The van der Waals surface area contributed by atoms with Crippen LogP contribution in [0.4, 0.5) is 5.69 Å². The Balaban J connectivity index is 2.25. The molecule has 0 radical (unpaired) electrons. The van der Waals surface area contributed by atoms with Crippen molar-refractivity contribution in [2.75, 3.05) is 5.32 Å². The van der Waals surface area contributed by atoms with E-state index in [1.54, 1.807) is 0 Å². The fourth-order valence-corrected chi connectivity index (χ4v) is 2.75. The van der Waals surface area contributed by atoms with Gasteiger partial charge in [-0.15, -0.1) is 0 Å². The summed E-state index contributed by atoms with van der Waals surface area (Å²) in [4.78, 5) is 12.2. The molecule has 0 spiro atoms. The van der Waals surface area contributed by atoms with Crippen molar-refractivity contribution in [3.05, 3.63) is 61.6 Å². The van der Waals surface area contributed by atoms with Crippen LogP contribution in [0, 0.1) is 10.5 Å². The molecule has 2 rings (SSSR count). The van der Waals surface area contributed by atoms with E-state index in [2.05, 4.69) is 43.8 Å². The molecule has 0 aromatic heterocycles. The molecule has 0 saturated heterocycles. The molecule has 0 heterocycles. The maximum atomic E-state index is 12.2. The summed E-state index contributed by atoms with van der Waals surface area (Å²) in [6.45, 7) is 1.99. The number of benzene rings is 2. The van der Waals surface area contributed by atoms with E-state index in [0.29, 0.717) is 5.56 Å². The zero-order valence-corrected chi connectivity index (χ0v) is 13.4. The summed E-state index contributed by atoms with van der Waals surface area (Å²) in [6, 6.07) is 13.4. The molecule has 1 amide bonds. The van der Waals surface area contributed by atoms with E-state index in [-0.39, 0.29) is 5.91 Å². The number of amides is 1. The van der Waals surface area contributed by atoms with Gasteiger partial charge in [-0.1, -0.05) is 18.2 Å². The van der Waals surface area contributed by atoms with Gasteiger partial charge in [-0.3, -0.25) is 4.79 Å². The van der Waals surface area contributed by atoms with E-state index in [9.17, 15) is 4.79 Å². The van der Waals surface area contributed by atoms with Gasteiger partial charge in [0, 0.05) is 8.04 Å². The molecule has 0 saturated carbocycles. The van der Waals surface area contributed by atoms with Gasteiger partial charge in [-0.25, -0.2) is 0 Å². The number of nitrogens with one attached hydrogen (secondary N) is 1. The highest BCUT2D eigenvalue weighted by Crippen LogP contribution is 2.22. The highest BCUT2D eigenvalue weighted by molar-refractivity contribution is 14.1. The minimum absolute atomic E-state index is 0.106. The molecule has 2 aromatic carbocycles. The number of para-hydroxylation sites is 1. The summed E-state index contributed by atoms with van der Waals surface area (Å²) in [7, 11) is 0. The number of carbonyl (C=O) groups is 1. The Morgan fingerprint density at radius 2 is 1.94 bits per heavy atom. The number of aryl methyl sites for hydroxylation is 1. The van der Waals surface area contributed by atoms with Crippen molar-refractivity contribution >= 4 is 50.1 Å². The first-order chi connectivity index (χ1) is 8.58. The summed E-state index contributed by atoms with van der Waals surface area (Å²) in [5.74, 6) is -0.106. The van der Waals surface area contributed by atoms with Crippen molar-refractivity contribution < 1.29 is 4.79 Å². The van der Waals surface area contributed by atoms with Crippen LogP contribution >= 0.6 is 38.5 Å². The van der Waals surface area contributed by atoms with Crippen molar-refractivity contribution in [3.63, 3.8) is 0 Å². The van der Waals surface area contributed by atoms with Gasteiger partial charge in [-0.2, -0.15) is 0 Å². The van der Waals surface area contributed by atoms with Gasteiger partial charge in [-0.05, 0) is 75.3 Å². The summed E-state index contributed by atoms with van der Waals surface area (Å²) in [6.07, 6.45) is 0. The van der Waals surface area contributed by atoms with E-state index in [1.807, 2.05) is 49.4 Å². The molecule has 1 N–H and O–H groups in total. The average Bonchev–Trinajstić information content (AvgIpc) is 2.32. The Labute approximate surface area is 128 Å².